The lowest BCUT2D eigenvalue weighted by Gasteiger charge is -2.11. The molecule has 0 amide bonds. The molecular formula is C11H15BO4. The number of aldehydes is 1. The molecule has 2 N–H and O–H groups in total. The number of carbonyl (C=O) groups is 1. The van der Waals surface area contributed by atoms with Crippen LogP contribution in [0.15, 0.2) is 18.2 Å². The van der Waals surface area contributed by atoms with Crippen molar-refractivity contribution >= 4 is 18.9 Å². The Morgan fingerprint density at radius 3 is 2.62 bits per heavy atom. The summed E-state index contributed by atoms with van der Waals surface area (Å²) in [5, 5.41) is 17.9. The van der Waals surface area contributed by atoms with Crippen molar-refractivity contribution in [1.29, 1.82) is 0 Å². The Hall–Kier alpha value is -1.33. The lowest BCUT2D eigenvalue weighted by molar-refractivity contribution is 0.111. The van der Waals surface area contributed by atoms with Crippen molar-refractivity contribution in [3.63, 3.8) is 0 Å². The zero-order chi connectivity index (χ0) is 12.1. The van der Waals surface area contributed by atoms with Crippen LogP contribution in [-0.4, -0.2) is 30.1 Å². The maximum Gasteiger partial charge on any atom is 0.488 e. The van der Waals surface area contributed by atoms with Gasteiger partial charge in [-0.05, 0) is 23.5 Å². The molecule has 0 radical (unpaired) electrons. The van der Waals surface area contributed by atoms with Gasteiger partial charge in [-0.1, -0.05) is 19.9 Å². The first-order valence-electron chi connectivity index (χ1n) is 5.12. The Balaban J connectivity index is 2.89. The van der Waals surface area contributed by atoms with E-state index in [0.717, 1.165) is 0 Å². The summed E-state index contributed by atoms with van der Waals surface area (Å²) in [6.45, 7) is 4.53. The molecule has 0 fully saturated rings. The molecule has 5 heteroatoms. The fourth-order valence-corrected chi connectivity index (χ4v) is 1.21. The van der Waals surface area contributed by atoms with Gasteiger partial charge < -0.3 is 14.8 Å². The quantitative estimate of drug-likeness (QED) is 0.552. The fourth-order valence-electron chi connectivity index (χ4n) is 1.21. The Morgan fingerprint density at radius 2 is 2.12 bits per heavy atom. The molecule has 0 spiro atoms. The molecule has 0 bridgehead atoms. The van der Waals surface area contributed by atoms with Gasteiger partial charge in [-0.15, -0.1) is 0 Å². The van der Waals surface area contributed by atoms with Gasteiger partial charge in [0.2, 0.25) is 0 Å². The minimum Gasteiger partial charge on any atom is -0.493 e. The Labute approximate surface area is 95.0 Å². The molecule has 1 aromatic rings. The van der Waals surface area contributed by atoms with E-state index in [2.05, 4.69) is 0 Å². The SMILES string of the molecule is CC(C)COc1ccc(B(O)O)cc1C=O. The topological polar surface area (TPSA) is 66.8 Å². The van der Waals surface area contributed by atoms with Gasteiger partial charge >= 0.3 is 7.12 Å². The largest absolute Gasteiger partial charge is 0.493 e. The van der Waals surface area contributed by atoms with Crippen molar-refractivity contribution in [2.24, 2.45) is 5.92 Å². The van der Waals surface area contributed by atoms with E-state index in [1.165, 1.54) is 12.1 Å². The van der Waals surface area contributed by atoms with Crippen molar-refractivity contribution < 1.29 is 19.6 Å². The second-order valence-corrected chi connectivity index (χ2v) is 3.99. The van der Waals surface area contributed by atoms with Crippen molar-refractivity contribution in [2.75, 3.05) is 6.61 Å². The molecule has 0 saturated carbocycles. The molecule has 16 heavy (non-hydrogen) atoms. The predicted molar refractivity (Wildman–Crippen MR) is 62.0 cm³/mol. The van der Waals surface area contributed by atoms with Crippen LogP contribution in [0, 0.1) is 5.92 Å². The van der Waals surface area contributed by atoms with Crippen molar-refractivity contribution in [1.82, 2.24) is 0 Å². The highest BCUT2D eigenvalue weighted by Gasteiger charge is 2.13. The van der Waals surface area contributed by atoms with E-state index in [1.807, 2.05) is 13.8 Å². The fraction of sp³-hybridized carbons (Fsp3) is 0.364. The summed E-state index contributed by atoms with van der Waals surface area (Å²) in [5.74, 6) is 0.829. The molecule has 0 saturated heterocycles. The summed E-state index contributed by atoms with van der Waals surface area (Å²) in [5.41, 5.74) is 0.602. The molecule has 0 aliphatic heterocycles. The van der Waals surface area contributed by atoms with Gasteiger partial charge in [0, 0.05) is 0 Å². The highest BCUT2D eigenvalue weighted by Crippen LogP contribution is 2.15. The summed E-state index contributed by atoms with van der Waals surface area (Å²) in [4.78, 5) is 10.8. The predicted octanol–water partition coefficient (Wildman–Crippen LogP) is 0.214. The first-order valence-corrected chi connectivity index (χ1v) is 5.12. The molecule has 1 rings (SSSR count). The summed E-state index contributed by atoms with van der Waals surface area (Å²) >= 11 is 0. The number of ether oxygens (including phenoxy) is 1. The third-order valence-corrected chi connectivity index (χ3v) is 2.03. The third kappa shape index (κ3) is 3.36. The van der Waals surface area contributed by atoms with Crippen LogP contribution >= 0.6 is 0 Å². The van der Waals surface area contributed by atoms with Crippen molar-refractivity contribution in [2.45, 2.75) is 13.8 Å². The van der Waals surface area contributed by atoms with Gasteiger partial charge in [0.25, 0.3) is 0 Å². The number of carbonyl (C=O) groups excluding carboxylic acids is 1. The molecule has 0 aliphatic rings. The number of hydrogen-bond donors (Lipinski definition) is 2. The molecule has 0 unspecified atom stereocenters. The van der Waals surface area contributed by atoms with Gasteiger partial charge in [0.15, 0.2) is 6.29 Å². The zero-order valence-electron chi connectivity index (χ0n) is 9.38. The van der Waals surface area contributed by atoms with Gasteiger partial charge in [-0.3, -0.25) is 4.79 Å². The van der Waals surface area contributed by atoms with Crippen LogP contribution in [0.1, 0.15) is 24.2 Å². The summed E-state index contributed by atoms with van der Waals surface area (Å²) in [6.07, 6.45) is 0.640. The van der Waals surface area contributed by atoms with Gasteiger partial charge in [0.1, 0.15) is 5.75 Å². The lowest BCUT2D eigenvalue weighted by Crippen LogP contribution is -2.30. The van der Waals surface area contributed by atoms with E-state index in [1.54, 1.807) is 6.07 Å². The molecule has 4 nitrogen and oxygen atoms in total. The Morgan fingerprint density at radius 1 is 1.44 bits per heavy atom. The number of hydrogen-bond acceptors (Lipinski definition) is 4. The highest BCUT2D eigenvalue weighted by molar-refractivity contribution is 6.58. The Bertz CT molecular complexity index is 363. The average Bonchev–Trinajstić information content (AvgIpc) is 2.25. The van der Waals surface area contributed by atoms with Crippen LogP contribution in [0.5, 0.6) is 5.75 Å². The van der Waals surface area contributed by atoms with E-state index in [9.17, 15) is 4.79 Å². The van der Waals surface area contributed by atoms with Gasteiger partial charge in [0.05, 0.1) is 12.2 Å². The maximum atomic E-state index is 10.8. The van der Waals surface area contributed by atoms with Crippen LogP contribution in [0.4, 0.5) is 0 Å². The highest BCUT2D eigenvalue weighted by atomic mass is 16.5. The Kier molecular flexibility index (Phi) is 4.52. The molecule has 0 atom stereocenters. The molecule has 0 aromatic heterocycles. The second-order valence-electron chi connectivity index (χ2n) is 3.99. The molecular weight excluding hydrogens is 207 g/mol. The minimum absolute atomic E-state index is 0.277. The molecule has 0 aliphatic carbocycles. The first kappa shape index (κ1) is 12.7. The second kappa shape index (κ2) is 5.68. The molecule has 86 valence electrons. The zero-order valence-corrected chi connectivity index (χ0v) is 9.38. The maximum absolute atomic E-state index is 10.8. The van der Waals surface area contributed by atoms with Crippen LogP contribution in [0.3, 0.4) is 0 Å². The number of benzene rings is 1. The first-order chi connectivity index (χ1) is 7.54. The van der Waals surface area contributed by atoms with E-state index >= 15 is 0 Å². The lowest BCUT2D eigenvalue weighted by atomic mass is 9.79. The summed E-state index contributed by atoms with van der Waals surface area (Å²) < 4.78 is 5.43. The van der Waals surface area contributed by atoms with Crippen molar-refractivity contribution in [3.05, 3.63) is 23.8 Å². The van der Waals surface area contributed by atoms with Gasteiger partial charge in [-0.25, -0.2) is 0 Å². The van der Waals surface area contributed by atoms with Crippen molar-refractivity contribution in [3.8, 4) is 5.75 Å². The monoisotopic (exact) mass is 222 g/mol. The van der Waals surface area contributed by atoms with Crippen LogP contribution < -0.4 is 10.2 Å². The smallest absolute Gasteiger partial charge is 0.488 e. The molecule has 0 heterocycles. The minimum atomic E-state index is -1.57. The van der Waals surface area contributed by atoms with Crippen LogP contribution in [-0.2, 0) is 0 Å². The normalized spacial score (nSPS) is 10.3. The number of rotatable bonds is 5. The summed E-state index contributed by atoms with van der Waals surface area (Å²) in [6, 6.07) is 4.50. The van der Waals surface area contributed by atoms with Gasteiger partial charge in [-0.2, -0.15) is 0 Å². The van der Waals surface area contributed by atoms with E-state index in [-0.39, 0.29) is 5.46 Å². The van der Waals surface area contributed by atoms with E-state index in [4.69, 9.17) is 14.8 Å². The third-order valence-electron chi connectivity index (χ3n) is 2.03. The average molecular weight is 222 g/mol. The van der Waals surface area contributed by atoms with E-state index in [0.29, 0.717) is 30.1 Å². The van der Waals surface area contributed by atoms with Crippen LogP contribution in [0.25, 0.3) is 0 Å². The molecule has 1 aromatic carbocycles. The van der Waals surface area contributed by atoms with Crippen LogP contribution in [0.2, 0.25) is 0 Å². The van der Waals surface area contributed by atoms with E-state index < -0.39 is 7.12 Å². The standard InChI is InChI=1S/C11H15BO4/c1-8(2)7-16-11-4-3-10(12(14)15)5-9(11)6-13/h3-6,8,14-15H,7H2,1-2H3. The summed E-state index contributed by atoms with van der Waals surface area (Å²) in [7, 11) is -1.57.